The van der Waals surface area contributed by atoms with Crippen molar-refractivity contribution in [1.29, 1.82) is 0 Å². The number of aromatic amines is 1. The normalized spacial score (nSPS) is 10.6. The van der Waals surface area contributed by atoms with Gasteiger partial charge in [-0.2, -0.15) is 0 Å². The largest absolute Gasteiger partial charge is 0.385 e. The van der Waals surface area contributed by atoms with E-state index in [0.29, 0.717) is 10.9 Å². The van der Waals surface area contributed by atoms with Gasteiger partial charge in [0.2, 0.25) is 0 Å². The highest BCUT2D eigenvalue weighted by atomic mass is 16.8. The molecule has 0 aliphatic heterocycles. The van der Waals surface area contributed by atoms with Crippen LogP contribution in [0.1, 0.15) is 10.4 Å². The lowest BCUT2D eigenvalue weighted by Crippen LogP contribution is -2.12. The first-order valence-corrected chi connectivity index (χ1v) is 4.39. The van der Waals surface area contributed by atoms with Gasteiger partial charge in [-0.1, -0.05) is 0 Å². The Morgan fingerprint density at radius 1 is 1.38 bits per heavy atom. The molecule has 0 radical (unpaired) electrons. The number of carbonyl (C=O) groups is 1. The molecule has 1 amide bonds. The van der Waals surface area contributed by atoms with Crippen LogP contribution >= 0.6 is 0 Å². The maximum atomic E-state index is 11.1. The maximum absolute atomic E-state index is 11.1. The SMILES string of the molecule is NC(=O)c1c(N)[nH]c2cc(N(O)O)ccc12. The Morgan fingerprint density at radius 3 is 2.62 bits per heavy atom. The number of anilines is 2. The van der Waals surface area contributed by atoms with Crippen LogP contribution in [0.5, 0.6) is 0 Å². The number of fused-ring (bicyclic) bond motifs is 1. The number of carbonyl (C=O) groups excluding carboxylic acids is 1. The lowest BCUT2D eigenvalue weighted by molar-refractivity contribution is 0.0292. The van der Waals surface area contributed by atoms with Crippen LogP contribution in [-0.4, -0.2) is 21.3 Å². The van der Waals surface area contributed by atoms with E-state index in [1.165, 1.54) is 18.2 Å². The summed E-state index contributed by atoms with van der Waals surface area (Å²) in [6.45, 7) is 0. The number of hydrogen-bond acceptors (Lipinski definition) is 5. The van der Waals surface area contributed by atoms with E-state index >= 15 is 0 Å². The fraction of sp³-hybridized carbons (Fsp3) is 0. The van der Waals surface area contributed by atoms with E-state index in [0.717, 1.165) is 0 Å². The van der Waals surface area contributed by atoms with Crippen LogP contribution in [0.15, 0.2) is 18.2 Å². The van der Waals surface area contributed by atoms with E-state index in [4.69, 9.17) is 21.9 Å². The minimum Gasteiger partial charge on any atom is -0.385 e. The monoisotopic (exact) mass is 222 g/mol. The molecular weight excluding hydrogens is 212 g/mol. The van der Waals surface area contributed by atoms with Gasteiger partial charge in [-0.3, -0.25) is 15.2 Å². The van der Waals surface area contributed by atoms with E-state index in [2.05, 4.69) is 4.98 Å². The van der Waals surface area contributed by atoms with Crippen LogP contribution < -0.4 is 16.7 Å². The van der Waals surface area contributed by atoms with Gasteiger partial charge in [0.1, 0.15) is 5.82 Å². The number of nitrogens with one attached hydrogen (secondary N) is 1. The summed E-state index contributed by atoms with van der Waals surface area (Å²) in [5.41, 5.74) is 11.6. The molecule has 0 aliphatic carbocycles. The van der Waals surface area contributed by atoms with E-state index in [1.54, 1.807) is 0 Å². The molecule has 1 aromatic heterocycles. The molecule has 0 saturated carbocycles. The molecule has 0 atom stereocenters. The summed E-state index contributed by atoms with van der Waals surface area (Å²) in [5.74, 6) is -0.483. The van der Waals surface area contributed by atoms with Gasteiger partial charge >= 0.3 is 0 Å². The molecule has 16 heavy (non-hydrogen) atoms. The number of nitrogens with zero attached hydrogens (tertiary/aromatic N) is 1. The molecule has 7 heteroatoms. The molecule has 7 nitrogen and oxygen atoms in total. The quantitative estimate of drug-likeness (QED) is 0.471. The number of hydrogen-bond donors (Lipinski definition) is 5. The number of nitrogen functional groups attached to an aromatic ring is 1. The highest BCUT2D eigenvalue weighted by Crippen LogP contribution is 2.27. The Hall–Kier alpha value is -2.25. The summed E-state index contributed by atoms with van der Waals surface area (Å²) in [6.07, 6.45) is 0. The van der Waals surface area contributed by atoms with Gasteiger partial charge in [0.15, 0.2) is 0 Å². The number of rotatable bonds is 2. The van der Waals surface area contributed by atoms with Crippen LogP contribution in [0.4, 0.5) is 11.5 Å². The van der Waals surface area contributed by atoms with Crippen molar-refractivity contribution in [2.75, 3.05) is 11.0 Å². The Bertz CT molecular complexity index is 561. The van der Waals surface area contributed by atoms with E-state index < -0.39 is 5.91 Å². The lowest BCUT2D eigenvalue weighted by atomic mass is 10.1. The van der Waals surface area contributed by atoms with Crippen LogP contribution in [-0.2, 0) is 0 Å². The number of benzene rings is 1. The summed E-state index contributed by atoms with van der Waals surface area (Å²) >= 11 is 0. The van der Waals surface area contributed by atoms with Crippen LogP contribution in [0.25, 0.3) is 10.9 Å². The molecule has 0 unspecified atom stereocenters. The van der Waals surface area contributed by atoms with Gasteiger partial charge in [0, 0.05) is 5.39 Å². The number of amides is 1. The average molecular weight is 222 g/mol. The molecule has 0 spiro atoms. The van der Waals surface area contributed by atoms with Crippen molar-refractivity contribution in [1.82, 2.24) is 4.98 Å². The third kappa shape index (κ3) is 1.44. The summed E-state index contributed by atoms with van der Waals surface area (Å²) in [7, 11) is 0. The number of nitrogens with two attached hydrogens (primary N) is 2. The van der Waals surface area contributed by atoms with Gasteiger partial charge in [-0.25, -0.2) is 0 Å². The number of primary amides is 1. The van der Waals surface area contributed by atoms with E-state index in [1.807, 2.05) is 0 Å². The maximum Gasteiger partial charge on any atom is 0.253 e. The van der Waals surface area contributed by atoms with Crippen molar-refractivity contribution in [2.45, 2.75) is 0 Å². The summed E-state index contributed by atoms with van der Waals surface area (Å²) in [5, 5.41) is 18.2. The highest BCUT2D eigenvalue weighted by molar-refractivity contribution is 6.11. The zero-order valence-electron chi connectivity index (χ0n) is 8.14. The van der Waals surface area contributed by atoms with Gasteiger partial charge in [-0.05, 0) is 18.2 Å². The van der Waals surface area contributed by atoms with Crippen LogP contribution in [0.3, 0.4) is 0 Å². The third-order valence-electron chi connectivity index (χ3n) is 2.29. The van der Waals surface area contributed by atoms with Crippen LogP contribution in [0.2, 0.25) is 0 Å². The van der Waals surface area contributed by atoms with Crippen molar-refractivity contribution in [2.24, 2.45) is 5.73 Å². The Kier molecular flexibility index (Phi) is 2.18. The van der Waals surface area contributed by atoms with Gasteiger partial charge < -0.3 is 16.5 Å². The van der Waals surface area contributed by atoms with Crippen molar-refractivity contribution in [3.8, 4) is 0 Å². The van der Waals surface area contributed by atoms with Gasteiger partial charge in [0.05, 0.1) is 16.8 Å². The number of H-pyrrole nitrogens is 1. The second-order valence-corrected chi connectivity index (χ2v) is 3.30. The Labute approximate surface area is 89.8 Å². The predicted molar refractivity (Wildman–Crippen MR) is 57.3 cm³/mol. The summed E-state index contributed by atoms with van der Waals surface area (Å²) in [4.78, 5) is 13.9. The minimum absolute atomic E-state index is 0.0274. The fourth-order valence-electron chi connectivity index (χ4n) is 1.60. The zero-order chi connectivity index (χ0) is 11.9. The zero-order valence-corrected chi connectivity index (χ0v) is 8.14. The second kappa shape index (κ2) is 3.40. The third-order valence-corrected chi connectivity index (χ3v) is 2.29. The topological polar surface area (TPSA) is 129 Å². The molecular formula is C9H10N4O3. The summed E-state index contributed by atoms with van der Waals surface area (Å²) in [6, 6.07) is 4.37. The molecule has 0 bridgehead atoms. The first-order valence-electron chi connectivity index (χ1n) is 4.39. The fourth-order valence-corrected chi connectivity index (χ4v) is 1.60. The lowest BCUT2D eigenvalue weighted by Gasteiger charge is -2.06. The molecule has 1 aromatic carbocycles. The highest BCUT2D eigenvalue weighted by Gasteiger charge is 2.14. The molecule has 2 rings (SSSR count). The van der Waals surface area contributed by atoms with Gasteiger partial charge in [-0.15, -0.1) is 5.23 Å². The van der Waals surface area contributed by atoms with Gasteiger partial charge in [0.25, 0.3) is 5.91 Å². The predicted octanol–water partition coefficient (Wildman–Crippen LogP) is 0.434. The minimum atomic E-state index is -0.638. The summed E-state index contributed by atoms with van der Waals surface area (Å²) < 4.78 is 0. The van der Waals surface area contributed by atoms with Crippen LogP contribution in [0, 0.1) is 0 Å². The number of aromatic nitrogens is 1. The average Bonchev–Trinajstić information content (AvgIpc) is 2.51. The standard InChI is InChI=1S/C9H10N4O3/c10-8-7(9(11)14)5-2-1-4(13(15)16)3-6(5)12-8/h1-3,12,15-16H,10H2,(H2,11,14). The van der Waals surface area contributed by atoms with Crippen molar-refractivity contribution >= 4 is 28.3 Å². The first-order chi connectivity index (χ1) is 7.50. The van der Waals surface area contributed by atoms with E-state index in [-0.39, 0.29) is 22.3 Å². The van der Waals surface area contributed by atoms with Crippen molar-refractivity contribution in [3.63, 3.8) is 0 Å². The Balaban J connectivity index is 2.70. The van der Waals surface area contributed by atoms with Crippen molar-refractivity contribution < 1.29 is 15.2 Å². The molecule has 0 aliphatic rings. The first kappa shape index (κ1) is 10.3. The molecule has 7 N–H and O–H groups in total. The smallest absolute Gasteiger partial charge is 0.253 e. The molecule has 0 saturated heterocycles. The second-order valence-electron chi connectivity index (χ2n) is 3.30. The van der Waals surface area contributed by atoms with Crippen molar-refractivity contribution in [3.05, 3.63) is 23.8 Å². The molecule has 84 valence electrons. The Morgan fingerprint density at radius 2 is 2.06 bits per heavy atom. The molecule has 2 aromatic rings. The van der Waals surface area contributed by atoms with E-state index in [9.17, 15) is 4.79 Å². The molecule has 0 fully saturated rings. The molecule has 1 heterocycles.